The smallest absolute Gasteiger partial charge is 0.308 e. The number of halogens is 2. The number of nitrogens with zero attached hydrogens (tertiary/aromatic N) is 1. The number of nitrogens with two attached hydrogens (primary N) is 1. The van der Waals surface area contributed by atoms with Crippen LogP contribution in [-0.2, 0) is 6.42 Å². The zero-order valence-electron chi connectivity index (χ0n) is 7.87. The third kappa shape index (κ3) is 2.69. The fourth-order valence-electron chi connectivity index (χ4n) is 1.21. The van der Waals surface area contributed by atoms with Gasteiger partial charge in [-0.1, -0.05) is 0 Å². The van der Waals surface area contributed by atoms with Gasteiger partial charge < -0.3 is 5.73 Å². The molecule has 4 nitrogen and oxygen atoms in total. The maximum absolute atomic E-state index is 12.9. The molecular formula is C9H10F2N2O2. The van der Waals surface area contributed by atoms with Gasteiger partial charge in [-0.05, 0) is 31.0 Å². The van der Waals surface area contributed by atoms with Crippen molar-refractivity contribution in [2.45, 2.75) is 12.8 Å². The molecule has 0 radical (unpaired) electrons. The average Bonchev–Trinajstić information content (AvgIpc) is 2.19. The van der Waals surface area contributed by atoms with Crippen LogP contribution in [0.25, 0.3) is 0 Å². The molecule has 0 bridgehead atoms. The van der Waals surface area contributed by atoms with Crippen molar-refractivity contribution in [1.29, 1.82) is 0 Å². The van der Waals surface area contributed by atoms with Crippen LogP contribution >= 0.6 is 0 Å². The molecule has 0 aromatic heterocycles. The van der Waals surface area contributed by atoms with E-state index in [2.05, 4.69) is 0 Å². The highest BCUT2D eigenvalue weighted by atomic mass is 19.2. The topological polar surface area (TPSA) is 69.2 Å². The second kappa shape index (κ2) is 4.79. The van der Waals surface area contributed by atoms with Crippen LogP contribution in [-0.4, -0.2) is 11.5 Å². The summed E-state index contributed by atoms with van der Waals surface area (Å²) in [5, 5.41) is 10.4. The summed E-state index contributed by atoms with van der Waals surface area (Å²) in [5.41, 5.74) is 4.79. The van der Waals surface area contributed by atoms with Crippen molar-refractivity contribution in [1.82, 2.24) is 0 Å². The van der Waals surface area contributed by atoms with Crippen LogP contribution in [0.1, 0.15) is 12.0 Å². The van der Waals surface area contributed by atoms with Crippen molar-refractivity contribution >= 4 is 5.69 Å². The molecule has 0 saturated carbocycles. The quantitative estimate of drug-likeness (QED) is 0.615. The summed E-state index contributed by atoms with van der Waals surface area (Å²) in [6, 6.07) is 1.99. The summed E-state index contributed by atoms with van der Waals surface area (Å²) >= 11 is 0. The van der Waals surface area contributed by atoms with Crippen LogP contribution in [0, 0.1) is 21.7 Å². The molecular weight excluding hydrogens is 206 g/mol. The Morgan fingerprint density at radius 3 is 2.60 bits per heavy atom. The minimum atomic E-state index is -1.42. The van der Waals surface area contributed by atoms with Gasteiger partial charge in [-0.3, -0.25) is 10.1 Å². The number of rotatable bonds is 4. The van der Waals surface area contributed by atoms with Gasteiger partial charge in [-0.2, -0.15) is 4.39 Å². The zero-order valence-corrected chi connectivity index (χ0v) is 7.87. The van der Waals surface area contributed by atoms with Crippen molar-refractivity contribution < 1.29 is 13.7 Å². The Morgan fingerprint density at radius 2 is 2.07 bits per heavy atom. The summed E-state index contributed by atoms with van der Waals surface area (Å²) < 4.78 is 25.8. The fraction of sp³-hybridized carbons (Fsp3) is 0.333. The SMILES string of the molecule is NCCCc1cc(F)c(F)c([N+](=O)[O-])c1. The first-order valence-corrected chi connectivity index (χ1v) is 4.38. The molecule has 0 unspecified atom stereocenters. The lowest BCUT2D eigenvalue weighted by Gasteiger charge is -2.01. The Hall–Kier alpha value is -1.56. The van der Waals surface area contributed by atoms with Crippen LogP contribution in [0.15, 0.2) is 12.1 Å². The van der Waals surface area contributed by atoms with Gasteiger partial charge in [0.25, 0.3) is 0 Å². The van der Waals surface area contributed by atoms with Gasteiger partial charge in [0.05, 0.1) is 4.92 Å². The monoisotopic (exact) mass is 216 g/mol. The molecule has 0 atom stereocenters. The highest BCUT2D eigenvalue weighted by molar-refractivity contribution is 5.37. The summed E-state index contributed by atoms with van der Waals surface area (Å²) in [6.45, 7) is 0.396. The number of hydrogen-bond acceptors (Lipinski definition) is 3. The third-order valence-electron chi connectivity index (χ3n) is 1.94. The van der Waals surface area contributed by atoms with Gasteiger partial charge in [0, 0.05) is 6.07 Å². The van der Waals surface area contributed by atoms with E-state index in [0.29, 0.717) is 24.9 Å². The largest absolute Gasteiger partial charge is 0.330 e. The van der Waals surface area contributed by atoms with Gasteiger partial charge in [0.15, 0.2) is 5.82 Å². The summed E-state index contributed by atoms with van der Waals surface area (Å²) in [7, 11) is 0. The van der Waals surface area contributed by atoms with Crippen LogP contribution in [0.4, 0.5) is 14.5 Å². The Labute approximate surface area is 84.9 Å². The van der Waals surface area contributed by atoms with E-state index in [9.17, 15) is 18.9 Å². The number of nitro groups is 1. The lowest BCUT2D eigenvalue weighted by Crippen LogP contribution is -2.02. The Balaban J connectivity index is 3.06. The second-order valence-corrected chi connectivity index (χ2v) is 3.06. The normalized spacial score (nSPS) is 10.3. The maximum Gasteiger partial charge on any atom is 0.308 e. The van der Waals surface area contributed by atoms with Crippen molar-refractivity contribution in [2.24, 2.45) is 5.73 Å². The van der Waals surface area contributed by atoms with E-state index in [1.165, 1.54) is 0 Å². The van der Waals surface area contributed by atoms with Gasteiger partial charge in [0.1, 0.15) is 0 Å². The van der Waals surface area contributed by atoms with E-state index in [1.54, 1.807) is 0 Å². The predicted octanol–water partition coefficient (Wildman–Crippen LogP) is 1.76. The van der Waals surface area contributed by atoms with Crippen LogP contribution in [0.3, 0.4) is 0 Å². The molecule has 82 valence electrons. The molecule has 1 aromatic carbocycles. The predicted molar refractivity (Wildman–Crippen MR) is 50.4 cm³/mol. The molecule has 1 rings (SSSR count). The molecule has 15 heavy (non-hydrogen) atoms. The van der Waals surface area contributed by atoms with Gasteiger partial charge in [-0.15, -0.1) is 0 Å². The highest BCUT2D eigenvalue weighted by Gasteiger charge is 2.19. The van der Waals surface area contributed by atoms with E-state index in [1.807, 2.05) is 0 Å². The van der Waals surface area contributed by atoms with Crippen LogP contribution < -0.4 is 5.73 Å². The highest BCUT2D eigenvalue weighted by Crippen LogP contribution is 2.22. The van der Waals surface area contributed by atoms with E-state index in [0.717, 1.165) is 12.1 Å². The second-order valence-electron chi connectivity index (χ2n) is 3.06. The number of benzene rings is 1. The lowest BCUT2D eigenvalue weighted by molar-refractivity contribution is -0.387. The Morgan fingerprint density at radius 1 is 1.40 bits per heavy atom. The summed E-state index contributed by atoms with van der Waals surface area (Å²) in [4.78, 5) is 9.43. The van der Waals surface area contributed by atoms with Crippen molar-refractivity contribution in [3.05, 3.63) is 39.4 Å². The third-order valence-corrected chi connectivity index (χ3v) is 1.94. The standard InChI is InChI=1S/C9H10F2N2O2/c10-7-4-6(2-1-3-12)5-8(9(7)11)13(14)15/h4-5H,1-3,12H2. The molecule has 0 spiro atoms. The fourth-order valence-corrected chi connectivity index (χ4v) is 1.21. The molecule has 1 aromatic rings. The van der Waals surface area contributed by atoms with Gasteiger partial charge >= 0.3 is 5.69 Å². The maximum atomic E-state index is 12.9. The van der Waals surface area contributed by atoms with Crippen molar-refractivity contribution in [2.75, 3.05) is 6.54 Å². The first kappa shape index (κ1) is 11.5. The van der Waals surface area contributed by atoms with Gasteiger partial charge in [-0.25, -0.2) is 4.39 Å². The van der Waals surface area contributed by atoms with Crippen molar-refractivity contribution in [3.63, 3.8) is 0 Å². The molecule has 0 aliphatic heterocycles. The summed E-state index contributed by atoms with van der Waals surface area (Å²) in [5.74, 6) is -2.62. The molecule has 6 heteroatoms. The van der Waals surface area contributed by atoms with Crippen molar-refractivity contribution in [3.8, 4) is 0 Å². The molecule has 0 heterocycles. The molecule has 0 aliphatic carbocycles. The lowest BCUT2D eigenvalue weighted by atomic mass is 10.1. The van der Waals surface area contributed by atoms with E-state index in [4.69, 9.17) is 5.73 Å². The molecule has 2 N–H and O–H groups in total. The van der Waals surface area contributed by atoms with E-state index < -0.39 is 22.2 Å². The minimum absolute atomic E-state index is 0.381. The first-order valence-electron chi connectivity index (χ1n) is 4.38. The van der Waals surface area contributed by atoms with Crippen LogP contribution in [0.5, 0.6) is 0 Å². The molecule has 0 amide bonds. The van der Waals surface area contributed by atoms with Crippen LogP contribution in [0.2, 0.25) is 0 Å². The molecule has 0 fully saturated rings. The zero-order chi connectivity index (χ0) is 11.4. The molecule has 0 saturated heterocycles. The number of hydrogen-bond donors (Lipinski definition) is 1. The first-order chi connectivity index (χ1) is 7.06. The average molecular weight is 216 g/mol. The van der Waals surface area contributed by atoms with E-state index in [-0.39, 0.29) is 0 Å². The minimum Gasteiger partial charge on any atom is -0.330 e. The van der Waals surface area contributed by atoms with E-state index >= 15 is 0 Å². The number of aryl methyl sites for hydroxylation is 1. The summed E-state index contributed by atoms with van der Waals surface area (Å²) in [6.07, 6.45) is 0.969. The molecule has 0 aliphatic rings. The van der Waals surface area contributed by atoms with Gasteiger partial charge in [0.2, 0.25) is 5.82 Å². The Kier molecular flexibility index (Phi) is 3.68. The Bertz CT molecular complexity index is 383. The number of nitro benzene ring substituents is 1.